The Bertz CT molecular complexity index is 1700. The molecule has 0 radical (unpaired) electrons. The number of hydrogen-bond acceptors (Lipinski definition) is 6. The molecule has 0 amide bonds. The largest absolute Gasteiger partial charge is 0.394 e. The van der Waals surface area contributed by atoms with Crippen molar-refractivity contribution in [2.24, 2.45) is 5.92 Å². The first-order valence-electron chi connectivity index (χ1n) is 12.9. The lowest BCUT2D eigenvalue weighted by Crippen LogP contribution is -2.37. The van der Waals surface area contributed by atoms with Crippen molar-refractivity contribution in [1.29, 1.82) is 0 Å². The molecule has 5 rings (SSSR count). The predicted octanol–water partition coefficient (Wildman–Crippen LogP) is 6.30. The summed E-state index contributed by atoms with van der Waals surface area (Å²) >= 11 is 5.97. The minimum Gasteiger partial charge on any atom is -0.394 e. The number of hydrogen-bond donors (Lipinski definition) is 1. The van der Waals surface area contributed by atoms with E-state index in [4.69, 9.17) is 17.3 Å². The first-order chi connectivity index (χ1) is 18.9. The average molecular weight is 575 g/mol. The number of nitrogens with two attached hydrogens (primary N) is 1. The van der Waals surface area contributed by atoms with Gasteiger partial charge in [-0.1, -0.05) is 32.4 Å². The van der Waals surface area contributed by atoms with Gasteiger partial charge in [0.05, 0.1) is 27.4 Å². The Hall–Kier alpha value is -3.73. The van der Waals surface area contributed by atoms with Crippen LogP contribution in [-0.2, 0) is 0 Å². The maximum Gasteiger partial charge on any atom is 0.355 e. The number of piperidine rings is 1. The van der Waals surface area contributed by atoms with E-state index < -0.39 is 50.9 Å². The van der Waals surface area contributed by atoms with E-state index in [2.05, 4.69) is 21.9 Å². The first-order valence-corrected chi connectivity index (χ1v) is 13.3. The number of halogens is 5. The van der Waals surface area contributed by atoms with Crippen LogP contribution >= 0.6 is 11.6 Å². The molecule has 40 heavy (non-hydrogen) atoms. The zero-order valence-corrected chi connectivity index (χ0v) is 23.1. The van der Waals surface area contributed by atoms with E-state index in [-0.39, 0.29) is 22.8 Å². The van der Waals surface area contributed by atoms with Gasteiger partial charge in [-0.25, -0.2) is 31.9 Å². The fourth-order valence-electron chi connectivity index (χ4n) is 5.25. The molecule has 0 unspecified atom stereocenters. The number of aryl methyl sites for hydroxylation is 1. The SMILES string of the molecule is Cc1ccnc(C(C)C)c1-n1c(=O)nc(N2CCC[C@H](C)C2)c2cc(F)c(-c3c(F)c(N)c(F)c(F)c3Cl)nc21. The molecule has 12 heteroatoms. The highest BCUT2D eigenvalue weighted by atomic mass is 35.5. The summed E-state index contributed by atoms with van der Waals surface area (Å²) in [6, 6.07) is 2.76. The molecule has 1 fully saturated rings. The van der Waals surface area contributed by atoms with Crippen LogP contribution in [0.2, 0.25) is 5.02 Å². The normalized spacial score (nSPS) is 15.8. The summed E-state index contributed by atoms with van der Waals surface area (Å²) in [6.07, 6.45) is 3.44. The van der Waals surface area contributed by atoms with Gasteiger partial charge in [0.15, 0.2) is 28.9 Å². The standard InChI is InChI=1S/C28H27ClF4N6O/c1-12(2)23-25(14(4)7-8-35-23)39-27-15(26(37-28(39)40)38-9-5-6-13(3)11-38)10-16(30)24(36-27)17-18(29)20(32)21(33)22(34)19(17)31/h7-8,10,12-13H,5-6,9,11,34H2,1-4H3/t13-/m0/s1. The van der Waals surface area contributed by atoms with Crippen molar-refractivity contribution in [1.82, 2.24) is 19.5 Å². The second kappa shape index (κ2) is 10.3. The van der Waals surface area contributed by atoms with E-state index in [1.165, 1.54) is 4.57 Å². The van der Waals surface area contributed by atoms with Crippen LogP contribution in [0.4, 0.5) is 29.1 Å². The Kier molecular flexibility index (Phi) is 7.20. The summed E-state index contributed by atoms with van der Waals surface area (Å²) in [4.78, 5) is 28.8. The number of pyridine rings is 2. The van der Waals surface area contributed by atoms with Gasteiger partial charge >= 0.3 is 5.69 Å². The third kappa shape index (κ3) is 4.46. The molecule has 0 aliphatic carbocycles. The van der Waals surface area contributed by atoms with Gasteiger partial charge in [0.2, 0.25) is 0 Å². The molecule has 4 heterocycles. The lowest BCUT2D eigenvalue weighted by molar-refractivity contribution is 0.445. The maximum atomic E-state index is 15.8. The van der Waals surface area contributed by atoms with Crippen LogP contribution < -0.4 is 16.3 Å². The highest BCUT2D eigenvalue weighted by Crippen LogP contribution is 2.40. The third-order valence-electron chi connectivity index (χ3n) is 7.22. The second-order valence-electron chi connectivity index (χ2n) is 10.5. The number of rotatable bonds is 4. The van der Waals surface area contributed by atoms with Crippen LogP contribution in [0.15, 0.2) is 23.1 Å². The molecule has 1 atom stereocenters. The molecule has 0 saturated carbocycles. The maximum absolute atomic E-state index is 15.8. The Labute approximate surface area is 232 Å². The van der Waals surface area contributed by atoms with Crippen molar-refractivity contribution in [2.75, 3.05) is 23.7 Å². The van der Waals surface area contributed by atoms with E-state index in [1.807, 2.05) is 18.7 Å². The number of nitrogens with zero attached hydrogens (tertiary/aromatic N) is 5. The van der Waals surface area contributed by atoms with Crippen LogP contribution in [0.1, 0.15) is 50.8 Å². The van der Waals surface area contributed by atoms with Crippen molar-refractivity contribution in [3.63, 3.8) is 0 Å². The molecule has 0 bridgehead atoms. The predicted molar refractivity (Wildman–Crippen MR) is 147 cm³/mol. The molecule has 1 aliphatic rings. The quantitative estimate of drug-likeness (QED) is 0.133. The van der Waals surface area contributed by atoms with Crippen molar-refractivity contribution in [3.05, 3.63) is 68.4 Å². The monoisotopic (exact) mass is 574 g/mol. The van der Waals surface area contributed by atoms with Gasteiger partial charge in [-0.3, -0.25) is 4.98 Å². The molecule has 0 spiro atoms. The zero-order chi connectivity index (χ0) is 29.0. The number of fused-ring (bicyclic) bond motifs is 1. The molecule has 2 N–H and O–H groups in total. The van der Waals surface area contributed by atoms with Gasteiger partial charge in [-0.15, -0.1) is 0 Å². The zero-order valence-electron chi connectivity index (χ0n) is 22.3. The van der Waals surface area contributed by atoms with Crippen molar-refractivity contribution in [2.45, 2.75) is 46.5 Å². The Morgan fingerprint density at radius 2 is 1.85 bits per heavy atom. The molecule has 4 aromatic rings. The topological polar surface area (TPSA) is 89.9 Å². The summed E-state index contributed by atoms with van der Waals surface area (Å²) < 4.78 is 60.8. The summed E-state index contributed by atoms with van der Waals surface area (Å²) in [5, 5.41) is -0.844. The van der Waals surface area contributed by atoms with E-state index in [1.54, 1.807) is 19.2 Å². The van der Waals surface area contributed by atoms with Gasteiger partial charge in [-0.05, 0) is 49.3 Å². The van der Waals surface area contributed by atoms with Gasteiger partial charge in [0, 0.05) is 19.3 Å². The summed E-state index contributed by atoms with van der Waals surface area (Å²) in [7, 11) is 0. The van der Waals surface area contributed by atoms with Crippen LogP contribution in [0.3, 0.4) is 0 Å². The van der Waals surface area contributed by atoms with Gasteiger partial charge in [-0.2, -0.15) is 4.98 Å². The fourth-order valence-corrected chi connectivity index (χ4v) is 5.51. The van der Waals surface area contributed by atoms with Crippen molar-refractivity contribution < 1.29 is 17.6 Å². The fraction of sp³-hybridized carbons (Fsp3) is 0.357. The first kappa shape index (κ1) is 27.8. The highest BCUT2D eigenvalue weighted by molar-refractivity contribution is 6.33. The van der Waals surface area contributed by atoms with Crippen LogP contribution in [0, 0.1) is 36.1 Å². The van der Waals surface area contributed by atoms with Crippen LogP contribution in [0.25, 0.3) is 28.0 Å². The number of aromatic nitrogens is 4. The molecule has 1 aliphatic heterocycles. The number of anilines is 2. The summed E-state index contributed by atoms with van der Waals surface area (Å²) in [5.41, 5.74) is 3.50. The summed E-state index contributed by atoms with van der Waals surface area (Å²) in [5.74, 6) is -5.48. The molecule has 3 aromatic heterocycles. The molecule has 210 valence electrons. The number of nitrogen functional groups attached to an aromatic ring is 1. The van der Waals surface area contributed by atoms with Gasteiger partial charge in [0.25, 0.3) is 0 Å². The third-order valence-corrected chi connectivity index (χ3v) is 7.57. The molecule has 7 nitrogen and oxygen atoms in total. The molecule has 1 saturated heterocycles. The highest BCUT2D eigenvalue weighted by Gasteiger charge is 2.30. The van der Waals surface area contributed by atoms with E-state index >= 15 is 8.78 Å². The van der Waals surface area contributed by atoms with Crippen LogP contribution in [-0.4, -0.2) is 32.6 Å². The number of benzene rings is 1. The second-order valence-corrected chi connectivity index (χ2v) is 10.9. The Morgan fingerprint density at radius 1 is 1.12 bits per heavy atom. The lowest BCUT2D eigenvalue weighted by atomic mass is 10.00. The summed E-state index contributed by atoms with van der Waals surface area (Å²) in [6.45, 7) is 8.80. The molecular formula is C28H27ClF4N6O. The molecule has 1 aromatic carbocycles. The van der Waals surface area contributed by atoms with E-state index in [0.29, 0.717) is 36.0 Å². The van der Waals surface area contributed by atoms with Gasteiger partial charge in [0.1, 0.15) is 17.2 Å². The smallest absolute Gasteiger partial charge is 0.355 e. The van der Waals surface area contributed by atoms with E-state index in [9.17, 15) is 13.6 Å². The van der Waals surface area contributed by atoms with Gasteiger partial charge < -0.3 is 10.6 Å². The minimum atomic E-state index is -1.69. The molecular weight excluding hydrogens is 548 g/mol. The Morgan fingerprint density at radius 3 is 2.52 bits per heavy atom. The lowest BCUT2D eigenvalue weighted by Gasteiger charge is -2.32. The van der Waals surface area contributed by atoms with Crippen molar-refractivity contribution in [3.8, 4) is 16.9 Å². The van der Waals surface area contributed by atoms with Crippen LogP contribution in [0.5, 0.6) is 0 Å². The minimum absolute atomic E-state index is 0.0682. The van der Waals surface area contributed by atoms with E-state index in [0.717, 1.165) is 18.9 Å². The Balaban J connectivity index is 1.93. The van der Waals surface area contributed by atoms with Crippen molar-refractivity contribution >= 4 is 34.1 Å². The average Bonchev–Trinajstić information content (AvgIpc) is 2.91.